The van der Waals surface area contributed by atoms with E-state index >= 15 is 0 Å². The third-order valence-corrected chi connectivity index (χ3v) is 9.10. The second kappa shape index (κ2) is 11.4. The van der Waals surface area contributed by atoms with Gasteiger partial charge >= 0.3 is 0 Å². The van der Waals surface area contributed by atoms with Crippen molar-refractivity contribution in [2.45, 2.75) is 0 Å². The van der Waals surface area contributed by atoms with Crippen LogP contribution in [0.25, 0.3) is 94.7 Å². The summed E-state index contributed by atoms with van der Waals surface area (Å²) in [5.41, 5.74) is 6.59. The first-order chi connectivity index (χ1) is 26.9. The summed E-state index contributed by atoms with van der Waals surface area (Å²) in [4.78, 5) is 14.9. The van der Waals surface area contributed by atoms with Crippen LogP contribution in [0.4, 0.5) is 0 Å². The largest absolute Gasteiger partial charge is 0.455 e. The second-order valence-electron chi connectivity index (χ2n) is 12.0. The maximum atomic E-state index is 9.03. The maximum Gasteiger partial charge on any atom is 0.164 e. The van der Waals surface area contributed by atoms with E-state index < -0.39 is 0 Å². The van der Waals surface area contributed by atoms with Crippen molar-refractivity contribution >= 4 is 43.7 Å². The van der Waals surface area contributed by atoms with E-state index in [0.717, 1.165) is 38.6 Å². The van der Waals surface area contributed by atoms with E-state index in [1.54, 1.807) is 6.07 Å². The molecule has 10 rings (SSSR count). The van der Waals surface area contributed by atoms with E-state index in [1.165, 1.54) is 6.07 Å². The Labute approximate surface area is 294 Å². The zero-order valence-electron chi connectivity index (χ0n) is 31.5. The number of para-hydroxylation sites is 4. The summed E-state index contributed by atoms with van der Waals surface area (Å²) < 4.78 is 52.5. The standard InChI is InChI=1S/C45H28N4O/c1-3-14-29(15-4-1)43-46-44(30-16-5-2-6-17-30)48-45(47-43)31-26-27-40(49-38-23-10-7-18-32(38)33-19-8-11-24-39(33)49)37(28-31)36-22-13-21-35-34-20-9-12-25-41(34)50-42(35)36/h1-28H/i9D,13D,20D,21D,25D. The molecule has 0 aliphatic carbocycles. The molecule has 3 aromatic heterocycles. The minimum atomic E-state index is -0.154. The van der Waals surface area contributed by atoms with Crippen LogP contribution in [0.2, 0.25) is 0 Å². The lowest BCUT2D eigenvalue weighted by Gasteiger charge is -2.16. The first-order valence-electron chi connectivity index (χ1n) is 18.8. The Morgan fingerprint density at radius 2 is 1.04 bits per heavy atom. The van der Waals surface area contributed by atoms with Gasteiger partial charge in [0.15, 0.2) is 17.5 Å². The summed E-state index contributed by atoms with van der Waals surface area (Å²) in [7, 11) is 0. The lowest BCUT2D eigenvalue weighted by molar-refractivity contribution is 0.670. The van der Waals surface area contributed by atoms with Crippen molar-refractivity contribution < 1.29 is 11.3 Å². The molecule has 0 N–H and O–H groups in total. The molecule has 0 radical (unpaired) electrons. The summed E-state index contributed by atoms with van der Waals surface area (Å²) >= 11 is 0. The SMILES string of the molecule is [2H]c1cc([2H])c2oc3c(-c4cc(-c5nc(-c6ccccc6)nc(-c6ccccc6)n5)ccc4-n4c5ccccc5c5ccccc54)cc([2H])c([2H])c3c2c1[2H]. The first kappa shape index (κ1) is 23.5. The van der Waals surface area contributed by atoms with Crippen molar-refractivity contribution in [3.63, 3.8) is 0 Å². The summed E-state index contributed by atoms with van der Waals surface area (Å²) in [5, 5.41) is 2.55. The third kappa shape index (κ3) is 4.52. The Kier molecular flexibility index (Phi) is 5.35. The summed E-state index contributed by atoms with van der Waals surface area (Å²) in [6, 6.07) is 44.2. The van der Waals surface area contributed by atoms with Gasteiger partial charge in [-0.25, -0.2) is 15.0 Å². The molecule has 0 spiro atoms. The molecular formula is C45H28N4O. The van der Waals surface area contributed by atoms with Gasteiger partial charge in [0.25, 0.3) is 0 Å². The summed E-state index contributed by atoms with van der Waals surface area (Å²) in [5.74, 6) is 1.47. The number of furan rings is 1. The molecule has 3 heterocycles. The average Bonchev–Trinajstić information content (AvgIpc) is 3.80. The first-order valence-corrected chi connectivity index (χ1v) is 16.3. The lowest BCUT2D eigenvalue weighted by atomic mass is 9.98. The smallest absolute Gasteiger partial charge is 0.164 e. The number of nitrogens with zero attached hydrogens (tertiary/aromatic N) is 4. The zero-order valence-corrected chi connectivity index (χ0v) is 26.5. The van der Waals surface area contributed by atoms with Crippen molar-refractivity contribution in [2.75, 3.05) is 0 Å². The molecule has 0 saturated heterocycles. The quantitative estimate of drug-likeness (QED) is 0.187. The van der Waals surface area contributed by atoms with Gasteiger partial charge in [0.1, 0.15) is 11.2 Å². The fourth-order valence-electron chi connectivity index (χ4n) is 6.82. The molecule has 0 fully saturated rings. The normalized spacial score (nSPS) is 13.0. The van der Waals surface area contributed by atoms with Crippen LogP contribution in [0.3, 0.4) is 0 Å². The van der Waals surface area contributed by atoms with Crippen LogP contribution in [0.5, 0.6) is 0 Å². The molecule has 0 amide bonds. The van der Waals surface area contributed by atoms with Crippen LogP contribution in [0.15, 0.2) is 174 Å². The minimum absolute atomic E-state index is 0.0625. The molecule has 0 aliphatic rings. The molecule has 5 nitrogen and oxygen atoms in total. The molecule has 50 heavy (non-hydrogen) atoms. The number of fused-ring (bicyclic) bond motifs is 6. The van der Waals surface area contributed by atoms with Crippen LogP contribution >= 0.6 is 0 Å². The predicted octanol–water partition coefficient (Wildman–Crippen LogP) is 11.5. The molecular weight excluding hydrogens is 613 g/mol. The Bertz CT molecular complexity index is 3050. The molecule has 0 bridgehead atoms. The molecule has 0 saturated carbocycles. The monoisotopic (exact) mass is 645 g/mol. The minimum Gasteiger partial charge on any atom is -0.455 e. The van der Waals surface area contributed by atoms with E-state index in [-0.39, 0.29) is 52.2 Å². The fraction of sp³-hybridized carbons (Fsp3) is 0. The van der Waals surface area contributed by atoms with E-state index in [0.29, 0.717) is 34.2 Å². The number of benzene rings is 7. The van der Waals surface area contributed by atoms with Gasteiger partial charge in [-0.15, -0.1) is 0 Å². The Hall–Kier alpha value is -6.85. The zero-order chi connectivity index (χ0) is 37.4. The van der Waals surface area contributed by atoms with Crippen LogP contribution in [-0.4, -0.2) is 19.5 Å². The number of hydrogen-bond acceptors (Lipinski definition) is 4. The Morgan fingerprint density at radius 1 is 0.460 bits per heavy atom. The van der Waals surface area contributed by atoms with Crippen molar-refractivity contribution in [3.8, 4) is 51.0 Å². The topological polar surface area (TPSA) is 56.7 Å². The number of hydrogen-bond donors (Lipinski definition) is 0. The van der Waals surface area contributed by atoms with Crippen LogP contribution < -0.4 is 0 Å². The molecule has 0 unspecified atom stereocenters. The van der Waals surface area contributed by atoms with Crippen LogP contribution in [0.1, 0.15) is 6.85 Å². The van der Waals surface area contributed by atoms with Gasteiger partial charge in [-0.05, 0) is 36.4 Å². The van der Waals surface area contributed by atoms with Crippen LogP contribution in [0, 0.1) is 0 Å². The highest BCUT2D eigenvalue weighted by Crippen LogP contribution is 2.42. The van der Waals surface area contributed by atoms with Crippen molar-refractivity contribution in [1.29, 1.82) is 0 Å². The number of rotatable bonds is 5. The molecule has 10 aromatic rings. The van der Waals surface area contributed by atoms with Gasteiger partial charge in [0.2, 0.25) is 0 Å². The van der Waals surface area contributed by atoms with Gasteiger partial charge in [-0.1, -0.05) is 133 Å². The summed E-state index contributed by atoms with van der Waals surface area (Å²) in [6.07, 6.45) is 0. The molecule has 0 atom stereocenters. The highest BCUT2D eigenvalue weighted by atomic mass is 16.3. The van der Waals surface area contributed by atoms with Crippen LogP contribution in [-0.2, 0) is 0 Å². The van der Waals surface area contributed by atoms with Crippen molar-refractivity contribution in [3.05, 3.63) is 170 Å². The van der Waals surface area contributed by atoms with Crippen molar-refractivity contribution in [2.24, 2.45) is 0 Å². The molecule has 234 valence electrons. The number of aromatic nitrogens is 4. The fourth-order valence-corrected chi connectivity index (χ4v) is 6.82. The molecule has 7 aromatic carbocycles. The van der Waals surface area contributed by atoms with Gasteiger partial charge in [0, 0.05) is 49.4 Å². The maximum absolute atomic E-state index is 9.03. The highest BCUT2D eigenvalue weighted by Gasteiger charge is 2.21. The molecule has 5 heteroatoms. The second-order valence-corrected chi connectivity index (χ2v) is 12.0. The molecule has 0 aliphatic heterocycles. The third-order valence-electron chi connectivity index (χ3n) is 9.10. The summed E-state index contributed by atoms with van der Waals surface area (Å²) in [6.45, 7) is 0. The average molecular weight is 646 g/mol. The van der Waals surface area contributed by atoms with E-state index in [4.69, 9.17) is 26.2 Å². The van der Waals surface area contributed by atoms with Gasteiger partial charge < -0.3 is 8.98 Å². The Balaban J connectivity index is 1.32. The lowest BCUT2D eigenvalue weighted by Crippen LogP contribution is -2.02. The van der Waals surface area contributed by atoms with E-state index in [1.807, 2.05) is 103 Å². The predicted molar refractivity (Wildman–Crippen MR) is 203 cm³/mol. The van der Waals surface area contributed by atoms with Crippen molar-refractivity contribution in [1.82, 2.24) is 19.5 Å². The van der Waals surface area contributed by atoms with Gasteiger partial charge in [0.05, 0.1) is 23.6 Å². The van der Waals surface area contributed by atoms with E-state index in [9.17, 15) is 0 Å². The highest BCUT2D eigenvalue weighted by molar-refractivity contribution is 6.12. The Morgan fingerprint density at radius 3 is 1.70 bits per heavy atom. The van der Waals surface area contributed by atoms with Gasteiger partial charge in [-0.3, -0.25) is 0 Å². The van der Waals surface area contributed by atoms with E-state index in [2.05, 4.69) is 28.8 Å². The van der Waals surface area contributed by atoms with Gasteiger partial charge in [-0.2, -0.15) is 0 Å².